The normalized spacial score (nSPS) is 15.3. The summed E-state index contributed by atoms with van der Waals surface area (Å²) in [7, 11) is 0. The van der Waals surface area contributed by atoms with Crippen molar-refractivity contribution in [2.75, 3.05) is 13.2 Å². The number of nitrogens with zero attached hydrogens (tertiary/aromatic N) is 6. The van der Waals surface area contributed by atoms with Gasteiger partial charge in [-0.05, 0) is 47.7 Å². The molecule has 2 aliphatic heterocycles. The van der Waals surface area contributed by atoms with Crippen molar-refractivity contribution in [3.8, 4) is 17.1 Å². The molecule has 3 aromatic rings. The van der Waals surface area contributed by atoms with Crippen LogP contribution in [0.2, 0.25) is 0 Å². The second-order valence-electron chi connectivity index (χ2n) is 6.35. The molecule has 2 aliphatic rings. The fourth-order valence-corrected chi connectivity index (χ4v) is 3.90. The highest BCUT2D eigenvalue weighted by Crippen LogP contribution is 2.32. The first-order valence-corrected chi connectivity index (χ1v) is 9.36. The van der Waals surface area contributed by atoms with Gasteiger partial charge in [-0.25, -0.2) is 19.4 Å². The number of hydrogen-bond donors (Lipinski definition) is 0. The molecule has 1 aromatic carbocycles. The van der Waals surface area contributed by atoms with Crippen molar-refractivity contribution < 1.29 is 9.53 Å². The topological polar surface area (TPSA) is 78.1 Å². The van der Waals surface area contributed by atoms with Gasteiger partial charge in [0.15, 0.2) is 11.6 Å². The van der Waals surface area contributed by atoms with Crippen LogP contribution < -0.4 is 0 Å². The lowest BCUT2D eigenvalue weighted by Gasteiger charge is -2.10. The molecular formula is C17H15IN6O2. The van der Waals surface area contributed by atoms with Gasteiger partial charge in [0.25, 0.3) is 0 Å². The summed E-state index contributed by atoms with van der Waals surface area (Å²) in [6.07, 6.45) is 1.54. The molecule has 0 N–H and O–H groups in total. The number of halogens is 1. The minimum Gasteiger partial charge on any atom is -0.448 e. The number of fused-ring (bicyclic) bond motifs is 5. The summed E-state index contributed by atoms with van der Waals surface area (Å²) >= 11 is 2.30. The van der Waals surface area contributed by atoms with Gasteiger partial charge in [0.2, 0.25) is 0 Å². The lowest BCUT2D eigenvalue weighted by molar-refractivity contribution is 0.156. The van der Waals surface area contributed by atoms with Gasteiger partial charge in [-0.1, -0.05) is 0 Å². The molecule has 1 fully saturated rings. The van der Waals surface area contributed by atoms with Crippen molar-refractivity contribution in [3.63, 3.8) is 0 Å². The summed E-state index contributed by atoms with van der Waals surface area (Å²) in [4.78, 5) is 22.6. The van der Waals surface area contributed by atoms with Crippen molar-refractivity contribution in [1.82, 2.24) is 29.2 Å². The highest BCUT2D eigenvalue weighted by Gasteiger charge is 2.27. The molecule has 132 valence electrons. The summed E-state index contributed by atoms with van der Waals surface area (Å²) in [5.74, 6) is 1.43. The Balaban J connectivity index is 1.64. The Hall–Kier alpha value is -2.43. The minimum absolute atomic E-state index is 0.307. The van der Waals surface area contributed by atoms with Crippen LogP contribution >= 0.6 is 22.6 Å². The van der Waals surface area contributed by atoms with Gasteiger partial charge in [0.05, 0.1) is 43.0 Å². The van der Waals surface area contributed by atoms with E-state index >= 15 is 0 Å². The molecular weight excluding hydrogens is 447 g/mol. The minimum atomic E-state index is -0.307. The lowest BCUT2D eigenvalue weighted by Crippen LogP contribution is -2.24. The average molecular weight is 462 g/mol. The largest absolute Gasteiger partial charge is 0.448 e. The summed E-state index contributed by atoms with van der Waals surface area (Å²) in [5, 5.41) is 4.67. The molecule has 0 bridgehead atoms. The van der Waals surface area contributed by atoms with Gasteiger partial charge in [-0.2, -0.15) is 5.10 Å². The van der Waals surface area contributed by atoms with E-state index in [9.17, 15) is 4.79 Å². The van der Waals surface area contributed by atoms with Gasteiger partial charge < -0.3 is 9.30 Å². The molecule has 5 rings (SSSR count). The Morgan fingerprint density at radius 1 is 1.35 bits per heavy atom. The van der Waals surface area contributed by atoms with E-state index in [1.54, 1.807) is 4.90 Å². The van der Waals surface area contributed by atoms with E-state index < -0.39 is 0 Å². The third-order valence-corrected chi connectivity index (χ3v) is 5.40. The Morgan fingerprint density at radius 2 is 2.23 bits per heavy atom. The van der Waals surface area contributed by atoms with Gasteiger partial charge >= 0.3 is 6.09 Å². The van der Waals surface area contributed by atoms with E-state index in [-0.39, 0.29) is 6.09 Å². The Kier molecular flexibility index (Phi) is 3.52. The zero-order valence-electron chi connectivity index (χ0n) is 14.0. The molecule has 1 saturated heterocycles. The van der Waals surface area contributed by atoms with Crippen molar-refractivity contribution in [2.45, 2.75) is 20.0 Å². The van der Waals surface area contributed by atoms with Crippen LogP contribution in [0, 0.1) is 10.5 Å². The predicted molar refractivity (Wildman–Crippen MR) is 101 cm³/mol. The number of aromatic nitrogens is 5. The fraction of sp³-hybridized carbons (Fsp3) is 0.294. The maximum atomic E-state index is 11.7. The number of imidazole rings is 1. The first kappa shape index (κ1) is 15.8. The second-order valence-corrected chi connectivity index (χ2v) is 7.60. The first-order chi connectivity index (χ1) is 12.6. The fourth-order valence-electron chi connectivity index (χ4n) is 3.41. The van der Waals surface area contributed by atoms with Crippen LogP contribution in [0.3, 0.4) is 0 Å². The zero-order valence-corrected chi connectivity index (χ0v) is 16.2. The van der Waals surface area contributed by atoms with E-state index in [2.05, 4.69) is 55.4 Å². The average Bonchev–Trinajstić information content (AvgIpc) is 3.28. The summed E-state index contributed by atoms with van der Waals surface area (Å²) in [5.41, 5.74) is 4.11. The van der Waals surface area contributed by atoms with Crippen LogP contribution in [0.5, 0.6) is 0 Å². The summed E-state index contributed by atoms with van der Waals surface area (Å²) in [6.45, 7) is 3.94. The van der Waals surface area contributed by atoms with E-state index in [1.807, 2.05) is 17.9 Å². The van der Waals surface area contributed by atoms with Crippen LogP contribution in [0.4, 0.5) is 4.79 Å². The number of ether oxygens (including phenoxy) is 1. The third kappa shape index (κ3) is 2.41. The van der Waals surface area contributed by atoms with Crippen LogP contribution in [-0.2, 0) is 17.8 Å². The lowest BCUT2D eigenvalue weighted by atomic mass is 10.1. The Bertz CT molecular complexity index is 1040. The van der Waals surface area contributed by atoms with E-state index in [0.717, 1.165) is 32.0 Å². The van der Waals surface area contributed by atoms with Gasteiger partial charge in [-0.3, -0.25) is 4.90 Å². The molecule has 8 nitrogen and oxygen atoms in total. The SMILES string of the molecule is Cc1ncn2c1Cn1nc(CN3CCOC3=O)nc1-c1cc(I)ccc1-2. The monoisotopic (exact) mass is 462 g/mol. The van der Waals surface area contributed by atoms with Crippen LogP contribution in [-0.4, -0.2) is 48.5 Å². The molecule has 26 heavy (non-hydrogen) atoms. The number of cyclic esters (lactones) is 1. The molecule has 0 unspecified atom stereocenters. The van der Waals surface area contributed by atoms with Crippen molar-refractivity contribution in [2.24, 2.45) is 0 Å². The van der Waals surface area contributed by atoms with Crippen LogP contribution in [0.15, 0.2) is 24.5 Å². The standard InChI is InChI=1S/C17H15IN6O2/c1-10-14-7-24-16(20-15(21-24)8-22-4-5-26-17(22)25)12-6-11(18)2-3-13(12)23(14)9-19-10/h2-3,6,9H,4-5,7-8H2,1H3. The molecule has 0 radical (unpaired) electrons. The van der Waals surface area contributed by atoms with Gasteiger partial charge in [-0.15, -0.1) is 0 Å². The van der Waals surface area contributed by atoms with Gasteiger partial charge in [0.1, 0.15) is 6.61 Å². The highest BCUT2D eigenvalue weighted by atomic mass is 127. The van der Waals surface area contributed by atoms with Crippen molar-refractivity contribution in [1.29, 1.82) is 0 Å². The number of benzene rings is 1. The van der Waals surface area contributed by atoms with Gasteiger partial charge in [0, 0.05) is 9.13 Å². The summed E-state index contributed by atoms with van der Waals surface area (Å²) in [6, 6.07) is 6.27. The predicted octanol–water partition coefficient (Wildman–Crippen LogP) is 2.36. The highest BCUT2D eigenvalue weighted by molar-refractivity contribution is 14.1. The quantitative estimate of drug-likeness (QED) is 0.428. The summed E-state index contributed by atoms with van der Waals surface area (Å²) < 4.78 is 10.1. The Morgan fingerprint density at radius 3 is 3.04 bits per heavy atom. The third-order valence-electron chi connectivity index (χ3n) is 4.73. The van der Waals surface area contributed by atoms with Crippen LogP contribution in [0.1, 0.15) is 17.2 Å². The number of carbonyl (C=O) groups excluding carboxylic acids is 1. The molecule has 0 atom stereocenters. The van der Waals surface area contributed by atoms with E-state index in [1.165, 1.54) is 0 Å². The molecule has 2 aromatic heterocycles. The molecule has 4 heterocycles. The maximum absolute atomic E-state index is 11.7. The van der Waals surface area contributed by atoms with Crippen molar-refractivity contribution in [3.05, 3.63) is 45.3 Å². The van der Waals surface area contributed by atoms with E-state index in [4.69, 9.17) is 9.72 Å². The first-order valence-electron chi connectivity index (χ1n) is 8.28. The molecule has 0 saturated carbocycles. The number of carbonyl (C=O) groups is 1. The maximum Gasteiger partial charge on any atom is 0.410 e. The molecule has 0 aliphatic carbocycles. The second kappa shape index (κ2) is 5.79. The van der Waals surface area contributed by atoms with E-state index in [0.29, 0.717) is 32.1 Å². The van der Waals surface area contributed by atoms with Crippen LogP contribution in [0.25, 0.3) is 17.1 Å². The van der Waals surface area contributed by atoms with Crippen molar-refractivity contribution >= 4 is 28.7 Å². The number of amides is 1. The Labute approximate surface area is 162 Å². The molecule has 0 spiro atoms. The molecule has 9 heteroatoms. The number of rotatable bonds is 2. The zero-order chi connectivity index (χ0) is 17.8. The molecule has 1 amide bonds. The number of hydrogen-bond acceptors (Lipinski definition) is 5. The number of aryl methyl sites for hydroxylation is 1. The smallest absolute Gasteiger partial charge is 0.410 e.